The van der Waals surface area contributed by atoms with E-state index >= 15 is 0 Å². The first kappa shape index (κ1) is 13.9. The quantitative estimate of drug-likeness (QED) is 0.902. The summed E-state index contributed by atoms with van der Waals surface area (Å²) < 4.78 is 5.82. The van der Waals surface area contributed by atoms with Gasteiger partial charge in [0.1, 0.15) is 5.75 Å². The van der Waals surface area contributed by atoms with Crippen molar-refractivity contribution in [1.29, 1.82) is 0 Å². The number of fused-ring (bicyclic) bond motifs is 1. The number of anilines is 1. The van der Waals surface area contributed by atoms with Crippen molar-refractivity contribution < 1.29 is 9.53 Å². The highest BCUT2D eigenvalue weighted by Crippen LogP contribution is 2.35. The van der Waals surface area contributed by atoms with Crippen LogP contribution in [0.4, 0.5) is 5.69 Å². The van der Waals surface area contributed by atoms with Crippen LogP contribution in [0.5, 0.6) is 5.75 Å². The van der Waals surface area contributed by atoms with Crippen molar-refractivity contribution in [3.63, 3.8) is 0 Å². The highest BCUT2D eigenvalue weighted by atomic mass is 16.5. The number of carbonyl (C=O) groups is 1. The summed E-state index contributed by atoms with van der Waals surface area (Å²) in [6, 6.07) is 6.04. The van der Waals surface area contributed by atoms with Crippen molar-refractivity contribution in [2.75, 3.05) is 18.5 Å². The van der Waals surface area contributed by atoms with E-state index in [0.717, 1.165) is 24.3 Å². The van der Waals surface area contributed by atoms with Crippen LogP contribution >= 0.6 is 0 Å². The number of hydrogen-bond donors (Lipinski definition) is 1. The number of carbonyl (C=O) groups excluding carboxylic acids is 1. The first-order chi connectivity index (χ1) is 9.04. The lowest BCUT2D eigenvalue weighted by Gasteiger charge is -2.34. The third-order valence-electron chi connectivity index (χ3n) is 3.49. The minimum atomic E-state index is -0.382. The van der Waals surface area contributed by atoms with E-state index in [-0.39, 0.29) is 17.9 Å². The molecule has 0 fully saturated rings. The molecule has 0 spiro atoms. The Morgan fingerprint density at radius 2 is 2.16 bits per heavy atom. The summed E-state index contributed by atoms with van der Waals surface area (Å²) in [5, 5.41) is 0. The van der Waals surface area contributed by atoms with E-state index < -0.39 is 0 Å². The van der Waals surface area contributed by atoms with Crippen LogP contribution in [0.15, 0.2) is 18.2 Å². The lowest BCUT2D eigenvalue weighted by Crippen LogP contribution is -2.46. The lowest BCUT2D eigenvalue weighted by atomic mass is 10.0. The van der Waals surface area contributed by atoms with Crippen LogP contribution < -0.4 is 15.4 Å². The SMILES string of the molecule is CC(C)C1Oc2ccc(CCCN)cc2N(C)C1=O. The summed E-state index contributed by atoms with van der Waals surface area (Å²) in [4.78, 5) is 13.9. The summed E-state index contributed by atoms with van der Waals surface area (Å²) in [5.74, 6) is 0.982. The molecule has 0 radical (unpaired) electrons. The van der Waals surface area contributed by atoms with Crippen molar-refractivity contribution in [3.8, 4) is 5.75 Å². The average Bonchev–Trinajstić information content (AvgIpc) is 2.40. The maximum Gasteiger partial charge on any atom is 0.268 e. The summed E-state index contributed by atoms with van der Waals surface area (Å²) in [6.07, 6.45) is 1.50. The smallest absolute Gasteiger partial charge is 0.268 e. The molecule has 104 valence electrons. The molecule has 1 aromatic carbocycles. The Kier molecular flexibility index (Phi) is 4.10. The number of rotatable bonds is 4. The van der Waals surface area contributed by atoms with E-state index in [0.29, 0.717) is 6.54 Å². The molecule has 1 atom stereocenters. The van der Waals surface area contributed by atoms with Gasteiger partial charge in [0.25, 0.3) is 5.91 Å². The van der Waals surface area contributed by atoms with Crippen molar-refractivity contribution in [3.05, 3.63) is 23.8 Å². The molecule has 2 rings (SSSR count). The van der Waals surface area contributed by atoms with Gasteiger partial charge in [0, 0.05) is 7.05 Å². The molecule has 4 nitrogen and oxygen atoms in total. The van der Waals surface area contributed by atoms with Gasteiger partial charge in [-0.3, -0.25) is 4.79 Å². The van der Waals surface area contributed by atoms with Gasteiger partial charge < -0.3 is 15.4 Å². The number of aryl methyl sites for hydroxylation is 1. The molecular weight excluding hydrogens is 240 g/mol. The second kappa shape index (κ2) is 5.61. The van der Waals surface area contributed by atoms with Crippen molar-refractivity contribution in [1.82, 2.24) is 0 Å². The summed E-state index contributed by atoms with van der Waals surface area (Å²) in [7, 11) is 1.81. The Labute approximate surface area is 114 Å². The van der Waals surface area contributed by atoms with E-state index in [2.05, 4.69) is 6.07 Å². The molecule has 0 saturated heterocycles. The van der Waals surface area contributed by atoms with Gasteiger partial charge in [-0.25, -0.2) is 0 Å². The predicted octanol–water partition coefficient (Wildman–Crippen LogP) is 1.96. The Balaban J connectivity index is 2.28. The molecule has 1 amide bonds. The van der Waals surface area contributed by atoms with E-state index in [9.17, 15) is 4.79 Å². The minimum absolute atomic E-state index is 0.0264. The number of hydrogen-bond acceptors (Lipinski definition) is 3. The summed E-state index contributed by atoms with van der Waals surface area (Å²) >= 11 is 0. The first-order valence-corrected chi connectivity index (χ1v) is 6.81. The largest absolute Gasteiger partial charge is 0.478 e. The zero-order valence-corrected chi connectivity index (χ0v) is 11.8. The van der Waals surface area contributed by atoms with Gasteiger partial charge in [-0.2, -0.15) is 0 Å². The van der Waals surface area contributed by atoms with Gasteiger partial charge in [0.05, 0.1) is 5.69 Å². The average molecular weight is 262 g/mol. The van der Waals surface area contributed by atoms with Gasteiger partial charge >= 0.3 is 0 Å². The van der Waals surface area contributed by atoms with Gasteiger partial charge in [0.2, 0.25) is 0 Å². The topological polar surface area (TPSA) is 55.6 Å². The predicted molar refractivity (Wildman–Crippen MR) is 76.5 cm³/mol. The zero-order chi connectivity index (χ0) is 14.0. The standard InChI is InChI=1S/C15H22N2O2/c1-10(2)14-15(18)17(3)12-9-11(5-4-8-16)6-7-13(12)19-14/h6-7,9-10,14H,4-5,8,16H2,1-3H3. The van der Waals surface area contributed by atoms with Crippen LogP contribution in [0.1, 0.15) is 25.8 Å². The minimum Gasteiger partial charge on any atom is -0.478 e. The van der Waals surface area contributed by atoms with Crippen LogP contribution in [0.3, 0.4) is 0 Å². The Bertz CT molecular complexity index is 471. The van der Waals surface area contributed by atoms with Crippen molar-refractivity contribution in [2.45, 2.75) is 32.8 Å². The summed E-state index contributed by atoms with van der Waals surface area (Å²) in [5.41, 5.74) is 7.57. The number of nitrogens with zero attached hydrogens (tertiary/aromatic N) is 1. The number of ether oxygens (including phenoxy) is 1. The third-order valence-corrected chi connectivity index (χ3v) is 3.49. The maximum absolute atomic E-state index is 12.2. The van der Waals surface area contributed by atoms with E-state index in [1.165, 1.54) is 5.56 Å². The number of benzene rings is 1. The fraction of sp³-hybridized carbons (Fsp3) is 0.533. The van der Waals surface area contributed by atoms with Crippen LogP contribution in [0, 0.1) is 5.92 Å². The van der Waals surface area contributed by atoms with E-state index in [1.54, 1.807) is 4.90 Å². The summed E-state index contributed by atoms with van der Waals surface area (Å²) in [6.45, 7) is 4.67. The Morgan fingerprint density at radius 1 is 1.42 bits per heavy atom. The van der Waals surface area contributed by atoms with Crippen LogP contribution in [-0.4, -0.2) is 25.6 Å². The molecular formula is C15H22N2O2. The molecule has 0 bridgehead atoms. The van der Waals surface area contributed by atoms with Crippen LogP contribution in [0.2, 0.25) is 0 Å². The monoisotopic (exact) mass is 262 g/mol. The second-order valence-electron chi connectivity index (χ2n) is 5.37. The van der Waals surface area contributed by atoms with E-state index in [4.69, 9.17) is 10.5 Å². The highest BCUT2D eigenvalue weighted by molar-refractivity contribution is 5.99. The molecule has 19 heavy (non-hydrogen) atoms. The normalized spacial score (nSPS) is 18.5. The Morgan fingerprint density at radius 3 is 2.79 bits per heavy atom. The molecule has 1 aromatic rings. The maximum atomic E-state index is 12.2. The Hall–Kier alpha value is -1.55. The van der Waals surface area contributed by atoms with Crippen molar-refractivity contribution in [2.24, 2.45) is 11.7 Å². The number of amides is 1. The molecule has 1 aliphatic rings. The molecule has 0 aromatic heterocycles. The van der Waals surface area contributed by atoms with Crippen molar-refractivity contribution >= 4 is 11.6 Å². The van der Waals surface area contributed by atoms with Gasteiger partial charge in [-0.15, -0.1) is 0 Å². The second-order valence-corrected chi connectivity index (χ2v) is 5.37. The fourth-order valence-corrected chi connectivity index (χ4v) is 2.30. The number of nitrogens with two attached hydrogens (primary N) is 1. The molecule has 1 heterocycles. The van der Waals surface area contributed by atoms with Crippen LogP contribution in [0.25, 0.3) is 0 Å². The number of likely N-dealkylation sites (N-methyl/N-ethyl adjacent to an activating group) is 1. The molecule has 2 N–H and O–H groups in total. The molecule has 1 aliphatic heterocycles. The van der Waals surface area contributed by atoms with Gasteiger partial charge in [0.15, 0.2) is 6.10 Å². The first-order valence-electron chi connectivity index (χ1n) is 6.81. The third kappa shape index (κ3) is 2.73. The fourth-order valence-electron chi connectivity index (χ4n) is 2.30. The molecule has 4 heteroatoms. The lowest BCUT2D eigenvalue weighted by molar-refractivity contribution is -0.127. The van der Waals surface area contributed by atoms with Crippen LogP contribution in [-0.2, 0) is 11.2 Å². The molecule has 0 aliphatic carbocycles. The zero-order valence-electron chi connectivity index (χ0n) is 11.8. The molecule has 0 saturated carbocycles. The van der Waals surface area contributed by atoms with E-state index in [1.807, 2.05) is 33.0 Å². The van der Waals surface area contributed by atoms with Gasteiger partial charge in [-0.05, 0) is 43.0 Å². The molecule has 1 unspecified atom stereocenters. The highest BCUT2D eigenvalue weighted by Gasteiger charge is 2.34. The van der Waals surface area contributed by atoms with Gasteiger partial charge in [-0.1, -0.05) is 19.9 Å².